The van der Waals surface area contributed by atoms with E-state index in [9.17, 15) is 28.1 Å². The zero-order chi connectivity index (χ0) is 18.5. The molecule has 1 atom stereocenters. The number of aliphatic carboxylic acids is 1. The molecule has 24 heavy (non-hydrogen) atoms. The molecular weight excluding hydrogens is 364 g/mol. The highest BCUT2D eigenvalue weighted by atomic mass is 35.5. The maximum absolute atomic E-state index is 12.1. The van der Waals surface area contributed by atoms with Crippen LogP contribution in [0.3, 0.4) is 0 Å². The summed E-state index contributed by atoms with van der Waals surface area (Å²) in [7, 11) is -3.39. The number of nitrogens with zero attached hydrogens (tertiary/aromatic N) is 1. The molecule has 1 aromatic carbocycles. The van der Waals surface area contributed by atoms with Crippen LogP contribution < -0.4 is 5.32 Å². The lowest BCUT2D eigenvalue weighted by molar-refractivity contribution is -0.384. The number of nitrogens with one attached hydrogen (secondary N) is 1. The molecule has 0 aromatic heterocycles. The lowest BCUT2D eigenvalue weighted by Gasteiger charge is -2.14. The fourth-order valence-electron chi connectivity index (χ4n) is 1.73. The molecular formula is C13H15ClN2O7S. The summed E-state index contributed by atoms with van der Waals surface area (Å²) in [5.41, 5.74) is -0.652. The molecule has 0 spiro atoms. The Balaban J connectivity index is 2.92. The summed E-state index contributed by atoms with van der Waals surface area (Å²) in [5.74, 6) is -2.83. The minimum absolute atomic E-state index is 0.142. The van der Waals surface area contributed by atoms with Gasteiger partial charge in [0.1, 0.15) is 20.9 Å². The summed E-state index contributed by atoms with van der Waals surface area (Å²) in [6, 6.07) is 1.83. The molecule has 0 fully saturated rings. The van der Waals surface area contributed by atoms with E-state index in [1.54, 1.807) is 0 Å². The van der Waals surface area contributed by atoms with E-state index in [2.05, 4.69) is 5.32 Å². The van der Waals surface area contributed by atoms with Gasteiger partial charge in [0.2, 0.25) is 0 Å². The Morgan fingerprint density at radius 3 is 2.54 bits per heavy atom. The molecule has 0 bridgehead atoms. The Morgan fingerprint density at radius 2 is 2.04 bits per heavy atom. The van der Waals surface area contributed by atoms with E-state index in [1.807, 2.05) is 0 Å². The minimum atomic E-state index is -3.39. The van der Waals surface area contributed by atoms with Crippen LogP contribution in [0.5, 0.6) is 0 Å². The third kappa shape index (κ3) is 5.46. The number of halogens is 1. The highest BCUT2D eigenvalue weighted by Gasteiger charge is 2.24. The molecule has 0 radical (unpaired) electrons. The number of nitro benzene ring substituents is 1. The largest absolute Gasteiger partial charge is 0.480 e. The van der Waals surface area contributed by atoms with Gasteiger partial charge in [-0.2, -0.15) is 0 Å². The predicted molar refractivity (Wildman–Crippen MR) is 85.9 cm³/mol. The Kier molecular flexibility index (Phi) is 6.67. The number of carbonyl (C=O) groups excluding carboxylic acids is 1. The van der Waals surface area contributed by atoms with Crippen LogP contribution in [0.1, 0.15) is 23.7 Å². The third-order valence-electron chi connectivity index (χ3n) is 3.17. The van der Waals surface area contributed by atoms with E-state index in [0.29, 0.717) is 0 Å². The molecule has 132 valence electrons. The van der Waals surface area contributed by atoms with Crippen LogP contribution in [0.2, 0.25) is 5.02 Å². The fraction of sp³-hybridized carbons (Fsp3) is 0.385. The van der Waals surface area contributed by atoms with E-state index in [4.69, 9.17) is 16.7 Å². The van der Waals surface area contributed by atoms with E-state index >= 15 is 0 Å². The van der Waals surface area contributed by atoms with Crippen LogP contribution in [0.4, 0.5) is 5.69 Å². The standard InChI is InChI=1S/C13H15ClN2O7S/c1-2-24(22,23)6-5-10(13(18)19)15-12(17)8-3-4-9(14)11(7-8)16(20)21/h3-4,7,10H,2,5-6H2,1H3,(H,15,17)(H,18,19). The van der Waals surface area contributed by atoms with E-state index in [-0.39, 0.29) is 22.8 Å². The van der Waals surface area contributed by atoms with Crippen molar-refractivity contribution < 1.29 is 28.0 Å². The number of amides is 1. The van der Waals surface area contributed by atoms with Gasteiger partial charge in [0.25, 0.3) is 11.6 Å². The third-order valence-corrected chi connectivity index (χ3v) is 5.22. The first kappa shape index (κ1) is 19.8. The van der Waals surface area contributed by atoms with Crippen molar-refractivity contribution in [3.05, 3.63) is 38.9 Å². The van der Waals surface area contributed by atoms with Crippen LogP contribution >= 0.6 is 11.6 Å². The molecule has 1 aromatic rings. The molecule has 0 saturated carbocycles. The van der Waals surface area contributed by atoms with Crippen LogP contribution in [0, 0.1) is 10.1 Å². The van der Waals surface area contributed by atoms with Crippen molar-refractivity contribution in [1.82, 2.24) is 5.32 Å². The fourth-order valence-corrected chi connectivity index (χ4v) is 2.80. The van der Waals surface area contributed by atoms with Gasteiger partial charge < -0.3 is 10.4 Å². The number of sulfone groups is 1. The minimum Gasteiger partial charge on any atom is -0.480 e. The maximum Gasteiger partial charge on any atom is 0.326 e. The van der Waals surface area contributed by atoms with Gasteiger partial charge in [-0.3, -0.25) is 14.9 Å². The quantitative estimate of drug-likeness (QED) is 0.511. The molecule has 11 heteroatoms. The van der Waals surface area contributed by atoms with Crippen molar-refractivity contribution in [3.63, 3.8) is 0 Å². The van der Waals surface area contributed by atoms with Gasteiger partial charge in [0.05, 0.1) is 10.7 Å². The van der Waals surface area contributed by atoms with Crippen molar-refractivity contribution in [2.24, 2.45) is 0 Å². The number of carboxylic acid groups (broad SMARTS) is 1. The number of hydrogen-bond donors (Lipinski definition) is 2. The molecule has 9 nitrogen and oxygen atoms in total. The first-order valence-electron chi connectivity index (χ1n) is 6.75. The average molecular weight is 379 g/mol. The molecule has 0 saturated heterocycles. The number of rotatable bonds is 8. The van der Waals surface area contributed by atoms with Crippen molar-refractivity contribution in [1.29, 1.82) is 0 Å². The second-order valence-electron chi connectivity index (χ2n) is 4.81. The van der Waals surface area contributed by atoms with Gasteiger partial charge in [-0.1, -0.05) is 18.5 Å². The van der Waals surface area contributed by atoms with E-state index in [0.717, 1.165) is 12.1 Å². The molecule has 1 unspecified atom stereocenters. The number of benzene rings is 1. The Hall–Kier alpha value is -2.20. The highest BCUT2D eigenvalue weighted by Crippen LogP contribution is 2.25. The first-order chi connectivity index (χ1) is 11.1. The molecule has 0 aliphatic heterocycles. The Bertz CT molecular complexity index is 764. The van der Waals surface area contributed by atoms with E-state index < -0.39 is 44.1 Å². The van der Waals surface area contributed by atoms with Gasteiger partial charge in [-0.15, -0.1) is 0 Å². The van der Waals surface area contributed by atoms with Gasteiger partial charge in [0, 0.05) is 17.4 Å². The zero-order valence-corrected chi connectivity index (χ0v) is 14.1. The van der Waals surface area contributed by atoms with Crippen LogP contribution in [0.15, 0.2) is 18.2 Å². The molecule has 1 amide bonds. The number of nitro groups is 1. The van der Waals surface area contributed by atoms with Gasteiger partial charge >= 0.3 is 5.97 Å². The predicted octanol–water partition coefficient (Wildman–Crippen LogP) is 1.26. The molecule has 0 heterocycles. The number of hydrogen-bond acceptors (Lipinski definition) is 6. The zero-order valence-electron chi connectivity index (χ0n) is 12.6. The van der Waals surface area contributed by atoms with Crippen molar-refractivity contribution in [2.45, 2.75) is 19.4 Å². The van der Waals surface area contributed by atoms with Gasteiger partial charge in [0.15, 0.2) is 0 Å². The molecule has 2 N–H and O–H groups in total. The number of carbonyl (C=O) groups is 2. The summed E-state index contributed by atoms with van der Waals surface area (Å²) in [6.07, 6.45) is -0.313. The normalized spacial score (nSPS) is 12.4. The molecule has 1 rings (SSSR count). The lowest BCUT2D eigenvalue weighted by atomic mass is 10.1. The monoisotopic (exact) mass is 378 g/mol. The topological polar surface area (TPSA) is 144 Å². The van der Waals surface area contributed by atoms with Gasteiger partial charge in [-0.05, 0) is 18.6 Å². The smallest absolute Gasteiger partial charge is 0.326 e. The molecule has 0 aliphatic carbocycles. The van der Waals surface area contributed by atoms with Crippen LogP contribution in [-0.4, -0.2) is 47.9 Å². The summed E-state index contributed by atoms with van der Waals surface area (Å²) in [5, 5.41) is 21.9. The van der Waals surface area contributed by atoms with E-state index in [1.165, 1.54) is 13.0 Å². The highest BCUT2D eigenvalue weighted by molar-refractivity contribution is 7.91. The summed E-state index contributed by atoms with van der Waals surface area (Å²) >= 11 is 5.63. The SMILES string of the molecule is CCS(=O)(=O)CCC(NC(=O)c1ccc(Cl)c([N+](=O)[O-])c1)C(=O)O. The first-order valence-corrected chi connectivity index (χ1v) is 8.95. The maximum atomic E-state index is 12.1. The van der Waals surface area contributed by atoms with Crippen LogP contribution in [0.25, 0.3) is 0 Å². The Morgan fingerprint density at radius 1 is 1.42 bits per heavy atom. The number of carboxylic acids is 1. The second-order valence-corrected chi connectivity index (χ2v) is 7.69. The molecule has 0 aliphatic rings. The summed E-state index contributed by atoms with van der Waals surface area (Å²) in [6.45, 7) is 1.43. The van der Waals surface area contributed by atoms with Crippen molar-refractivity contribution in [2.75, 3.05) is 11.5 Å². The lowest BCUT2D eigenvalue weighted by Crippen LogP contribution is -2.42. The summed E-state index contributed by atoms with van der Waals surface area (Å²) in [4.78, 5) is 33.2. The van der Waals surface area contributed by atoms with Crippen molar-refractivity contribution >= 4 is 39.0 Å². The average Bonchev–Trinajstić information content (AvgIpc) is 2.51. The van der Waals surface area contributed by atoms with Crippen LogP contribution in [-0.2, 0) is 14.6 Å². The van der Waals surface area contributed by atoms with Crippen molar-refractivity contribution in [3.8, 4) is 0 Å². The van der Waals surface area contributed by atoms with Gasteiger partial charge in [-0.25, -0.2) is 13.2 Å². The Labute approximate surface area is 142 Å². The summed E-state index contributed by atoms with van der Waals surface area (Å²) < 4.78 is 22.9. The second kappa shape index (κ2) is 8.06.